The van der Waals surface area contributed by atoms with Gasteiger partial charge in [-0.15, -0.1) is 27.7 Å². The fourth-order valence-electron chi connectivity index (χ4n) is 3.05. The van der Waals surface area contributed by atoms with E-state index in [2.05, 4.69) is 53.9 Å². The monoisotopic (exact) mass is 571 g/mol. The zero-order chi connectivity index (χ0) is 27.1. The molecule has 5 atom stereocenters. The summed E-state index contributed by atoms with van der Waals surface area (Å²) in [4.78, 5) is 36.0. The van der Waals surface area contributed by atoms with Crippen LogP contribution in [-0.4, -0.2) is 37.8 Å². The Kier molecular flexibility index (Phi) is 10.6. The predicted octanol–water partition coefficient (Wildman–Crippen LogP) is 2.56. The summed E-state index contributed by atoms with van der Waals surface area (Å²) < 4.78 is 27.2. The van der Waals surface area contributed by atoms with Gasteiger partial charge < -0.3 is 10.6 Å². The van der Waals surface area contributed by atoms with E-state index < -0.39 is 20.6 Å². The molecule has 0 aliphatic rings. The lowest BCUT2D eigenvalue weighted by Gasteiger charge is -2.18. The summed E-state index contributed by atoms with van der Waals surface area (Å²) in [7, 11) is 4.79. The highest BCUT2D eigenvalue weighted by molar-refractivity contribution is 7.92. The van der Waals surface area contributed by atoms with Crippen LogP contribution in [0.25, 0.3) is 0 Å². The van der Waals surface area contributed by atoms with Crippen LogP contribution in [0.4, 0.5) is 17.1 Å². The van der Waals surface area contributed by atoms with Crippen LogP contribution < -0.4 is 26.2 Å². The zero-order valence-electron chi connectivity index (χ0n) is 20.2. The topological polar surface area (TPSA) is 146 Å². The van der Waals surface area contributed by atoms with Crippen LogP contribution in [0.5, 0.6) is 0 Å². The molecule has 5 N–H and O–H groups in total. The Morgan fingerprint density at radius 1 is 0.833 bits per heavy atom. The van der Waals surface area contributed by atoms with Crippen LogP contribution >= 0.6 is 27.7 Å². The minimum atomic E-state index is -3.87. The largest absolute Gasteiger partial charge is 0.359 e. The molecule has 2 rings (SSSR count). The maximum Gasteiger partial charge on any atom is 0.261 e. The van der Waals surface area contributed by atoms with Gasteiger partial charge in [0.2, 0.25) is 11.8 Å². The number of anilines is 3. The highest BCUT2D eigenvalue weighted by Gasteiger charge is 2.22. The molecule has 0 aliphatic carbocycles. The number of rotatable bonds is 11. The quantitative estimate of drug-likeness (QED) is 0.207. The Bertz CT molecular complexity index is 1190. The molecule has 0 bridgehead atoms. The molecule has 0 saturated carbocycles. The maximum atomic E-state index is 12.8. The van der Waals surface area contributed by atoms with E-state index in [-0.39, 0.29) is 28.5 Å². The van der Waals surface area contributed by atoms with Crippen molar-refractivity contribution in [1.29, 1.82) is 0 Å². The number of amides is 3. The van der Waals surface area contributed by atoms with E-state index in [1.807, 2.05) is 0 Å². The van der Waals surface area contributed by atoms with Crippen LogP contribution in [-0.2, 0) is 24.4 Å². The molecule has 196 valence electrons. The van der Waals surface area contributed by atoms with E-state index in [0.29, 0.717) is 23.5 Å². The van der Waals surface area contributed by atoms with Crippen molar-refractivity contribution >= 4 is 72.5 Å². The van der Waals surface area contributed by atoms with Gasteiger partial charge in [-0.25, -0.2) is 8.42 Å². The molecular weight excluding hydrogens is 539 g/mol. The van der Waals surface area contributed by atoms with Crippen molar-refractivity contribution in [2.75, 3.05) is 22.5 Å². The second kappa shape index (κ2) is 12.8. The lowest BCUT2D eigenvalue weighted by Crippen LogP contribution is -2.37. The first-order valence-electron chi connectivity index (χ1n) is 10.9. The Balaban J connectivity index is 1.96. The van der Waals surface area contributed by atoms with Gasteiger partial charge in [-0.1, -0.05) is 13.8 Å². The minimum absolute atomic E-state index is 0.0222. The predicted molar refractivity (Wildman–Crippen MR) is 153 cm³/mol. The van der Waals surface area contributed by atoms with Crippen LogP contribution in [0.3, 0.4) is 0 Å². The SMILES string of the molecule is CNC(=O)C(C)CC(C)C(=O)Nc1ccc(S(=O)(=O)Nc2ccc(NNC(=O)C(P)(P)P)cc2)cc1. The average molecular weight is 572 g/mol. The molecule has 10 nitrogen and oxygen atoms in total. The Labute approximate surface area is 218 Å². The molecule has 0 radical (unpaired) electrons. The third-order valence-corrected chi connectivity index (χ3v) is 7.32. The van der Waals surface area contributed by atoms with E-state index in [1.165, 1.54) is 24.3 Å². The first-order valence-corrected chi connectivity index (χ1v) is 14.1. The molecule has 0 heterocycles. The fraction of sp³-hybridized carbons (Fsp3) is 0.318. The number of carbonyl (C=O) groups is 3. The standard InChI is InChI=1S/C22H32N5O5P3S/c1-13(19(28)23-3)12-14(2)20(29)24-15-8-10-18(11-9-15)36(31,32)27-17-6-4-16(5-7-17)25-26-21(30)22(33,34)35/h4-11,13-14,25,27H,12,33-35H2,1-3H3,(H,23,28)(H,24,29)(H,26,30). The summed E-state index contributed by atoms with van der Waals surface area (Å²) in [5.41, 5.74) is 6.63. The number of carbonyl (C=O) groups excluding carboxylic acids is 3. The molecule has 3 amide bonds. The van der Waals surface area contributed by atoms with E-state index in [1.54, 1.807) is 45.2 Å². The molecule has 0 fully saturated rings. The Hall–Kier alpha value is -2.31. The van der Waals surface area contributed by atoms with Gasteiger partial charge in [0.25, 0.3) is 15.9 Å². The summed E-state index contributed by atoms with van der Waals surface area (Å²) in [5.74, 6) is -1.40. The smallest absolute Gasteiger partial charge is 0.261 e. The lowest BCUT2D eigenvalue weighted by atomic mass is 9.96. The number of sulfonamides is 1. The van der Waals surface area contributed by atoms with Crippen molar-refractivity contribution in [2.24, 2.45) is 11.8 Å². The normalized spacial score (nSPS) is 13.2. The molecule has 0 spiro atoms. The third kappa shape index (κ3) is 8.97. The minimum Gasteiger partial charge on any atom is -0.359 e. The molecule has 2 aromatic rings. The number of hydrazine groups is 1. The number of hydrogen-bond acceptors (Lipinski definition) is 6. The first-order chi connectivity index (χ1) is 16.7. The van der Waals surface area contributed by atoms with Gasteiger partial charge in [-0.05, 0) is 55.0 Å². The average Bonchev–Trinajstić information content (AvgIpc) is 2.82. The molecule has 0 aromatic heterocycles. The summed E-state index contributed by atoms with van der Waals surface area (Å²) in [5, 5.41) is 5.30. The molecule has 36 heavy (non-hydrogen) atoms. The summed E-state index contributed by atoms with van der Waals surface area (Å²) in [6.07, 6.45) is 0.385. The van der Waals surface area contributed by atoms with Gasteiger partial charge >= 0.3 is 0 Å². The number of benzene rings is 2. The van der Waals surface area contributed by atoms with Crippen molar-refractivity contribution in [3.63, 3.8) is 0 Å². The number of nitrogens with one attached hydrogen (secondary N) is 5. The lowest BCUT2D eigenvalue weighted by molar-refractivity contribution is -0.125. The zero-order valence-corrected chi connectivity index (χ0v) is 24.4. The maximum absolute atomic E-state index is 12.8. The third-order valence-electron chi connectivity index (χ3n) is 5.13. The second-order valence-electron chi connectivity index (χ2n) is 8.36. The highest BCUT2D eigenvalue weighted by Crippen LogP contribution is 2.34. The van der Waals surface area contributed by atoms with Gasteiger partial charge in [-0.3, -0.25) is 30.0 Å². The van der Waals surface area contributed by atoms with Gasteiger partial charge in [0, 0.05) is 30.3 Å². The van der Waals surface area contributed by atoms with Gasteiger partial charge in [-0.2, -0.15) is 0 Å². The van der Waals surface area contributed by atoms with E-state index >= 15 is 0 Å². The van der Waals surface area contributed by atoms with Crippen LogP contribution in [0, 0.1) is 11.8 Å². The molecule has 5 unspecified atom stereocenters. The highest BCUT2D eigenvalue weighted by atomic mass is 32.2. The molecule has 14 heteroatoms. The summed E-state index contributed by atoms with van der Waals surface area (Å²) in [6.45, 7) is 3.48. The van der Waals surface area contributed by atoms with Crippen molar-refractivity contribution in [3.8, 4) is 0 Å². The van der Waals surface area contributed by atoms with Crippen LogP contribution in [0.15, 0.2) is 53.4 Å². The van der Waals surface area contributed by atoms with Crippen molar-refractivity contribution in [3.05, 3.63) is 48.5 Å². The van der Waals surface area contributed by atoms with Gasteiger partial charge in [0.05, 0.1) is 15.2 Å². The number of hydrogen-bond donors (Lipinski definition) is 5. The van der Waals surface area contributed by atoms with Gasteiger partial charge in [0.15, 0.2) is 0 Å². The molecule has 0 aliphatic heterocycles. The van der Waals surface area contributed by atoms with E-state index in [4.69, 9.17) is 0 Å². The van der Waals surface area contributed by atoms with E-state index in [9.17, 15) is 22.8 Å². The Morgan fingerprint density at radius 3 is 1.86 bits per heavy atom. The van der Waals surface area contributed by atoms with Gasteiger partial charge in [0.1, 0.15) is 0 Å². The fourth-order valence-corrected chi connectivity index (χ4v) is 4.32. The van der Waals surface area contributed by atoms with Crippen LogP contribution in [0.2, 0.25) is 0 Å². The molecular formula is C22H32N5O5P3S. The van der Waals surface area contributed by atoms with Crippen molar-refractivity contribution < 1.29 is 22.8 Å². The summed E-state index contributed by atoms with van der Waals surface area (Å²) >= 11 is 0. The molecule has 2 aromatic carbocycles. The first kappa shape index (κ1) is 29.9. The Morgan fingerprint density at radius 2 is 1.33 bits per heavy atom. The van der Waals surface area contributed by atoms with E-state index in [0.717, 1.165) is 0 Å². The van der Waals surface area contributed by atoms with Crippen LogP contribution in [0.1, 0.15) is 20.3 Å². The van der Waals surface area contributed by atoms with Crippen molar-refractivity contribution in [2.45, 2.75) is 29.8 Å². The second-order valence-corrected chi connectivity index (χ2v) is 14.9. The molecule has 0 saturated heterocycles. The van der Waals surface area contributed by atoms with Crippen molar-refractivity contribution in [1.82, 2.24) is 10.7 Å². The summed E-state index contributed by atoms with van der Waals surface area (Å²) in [6, 6.07) is 12.1.